The van der Waals surface area contributed by atoms with Gasteiger partial charge in [-0.05, 0) is 12.8 Å². The van der Waals surface area contributed by atoms with Crippen molar-refractivity contribution >= 4 is 0 Å². The van der Waals surface area contributed by atoms with Crippen LogP contribution in [0.2, 0.25) is 0 Å². The van der Waals surface area contributed by atoms with Crippen LogP contribution in [-0.2, 0) is 6.42 Å². The van der Waals surface area contributed by atoms with Gasteiger partial charge in [0, 0.05) is 6.42 Å². The van der Waals surface area contributed by atoms with Gasteiger partial charge in [-0.2, -0.15) is 4.98 Å². The molecular formula is C13H24N2O2. The quantitative estimate of drug-likeness (QED) is 0.672. The highest BCUT2D eigenvalue weighted by Crippen LogP contribution is 2.14. The molecule has 0 aliphatic rings. The molecule has 98 valence electrons. The van der Waals surface area contributed by atoms with Crippen molar-refractivity contribution < 1.29 is 9.63 Å². The van der Waals surface area contributed by atoms with Gasteiger partial charge in [-0.3, -0.25) is 0 Å². The Morgan fingerprint density at radius 3 is 2.53 bits per heavy atom. The number of nitrogens with zero attached hydrogens (tertiary/aromatic N) is 2. The molecule has 0 radical (unpaired) electrons. The molecule has 1 rings (SSSR count). The van der Waals surface area contributed by atoms with Gasteiger partial charge in [0.2, 0.25) is 5.89 Å². The predicted octanol–water partition coefficient (Wildman–Crippen LogP) is 3.42. The van der Waals surface area contributed by atoms with Crippen molar-refractivity contribution in [2.24, 2.45) is 0 Å². The lowest BCUT2D eigenvalue weighted by Crippen LogP contribution is -1.97. The summed E-state index contributed by atoms with van der Waals surface area (Å²) >= 11 is 0. The van der Waals surface area contributed by atoms with Crippen LogP contribution in [0.1, 0.15) is 76.6 Å². The highest BCUT2D eigenvalue weighted by Gasteiger charge is 2.12. The van der Waals surface area contributed by atoms with Gasteiger partial charge in [0.05, 0.1) is 0 Å². The average molecular weight is 240 g/mol. The second-order valence-corrected chi connectivity index (χ2v) is 4.49. The molecule has 0 fully saturated rings. The Morgan fingerprint density at radius 1 is 1.12 bits per heavy atom. The van der Waals surface area contributed by atoms with Gasteiger partial charge in [-0.1, -0.05) is 51.1 Å². The Bertz CT molecular complexity index is 299. The molecule has 1 aromatic heterocycles. The highest BCUT2D eigenvalue weighted by molar-refractivity contribution is 4.90. The first kappa shape index (κ1) is 14.2. The van der Waals surface area contributed by atoms with Gasteiger partial charge >= 0.3 is 0 Å². The fraction of sp³-hybridized carbons (Fsp3) is 0.846. The van der Waals surface area contributed by atoms with E-state index in [0.29, 0.717) is 18.1 Å². The van der Waals surface area contributed by atoms with E-state index in [-0.39, 0.29) is 0 Å². The fourth-order valence-electron chi connectivity index (χ4n) is 1.74. The Hall–Kier alpha value is -0.900. The van der Waals surface area contributed by atoms with Crippen LogP contribution in [0, 0.1) is 0 Å². The monoisotopic (exact) mass is 240 g/mol. The van der Waals surface area contributed by atoms with Crippen molar-refractivity contribution in [3.05, 3.63) is 11.7 Å². The molecule has 0 saturated carbocycles. The lowest BCUT2D eigenvalue weighted by molar-refractivity contribution is 0.159. The molecule has 0 saturated heterocycles. The van der Waals surface area contributed by atoms with E-state index in [1.54, 1.807) is 0 Å². The highest BCUT2D eigenvalue weighted by atomic mass is 16.5. The fourth-order valence-corrected chi connectivity index (χ4v) is 1.74. The third-order valence-electron chi connectivity index (χ3n) is 2.91. The molecule has 1 N–H and O–H groups in total. The van der Waals surface area contributed by atoms with Crippen molar-refractivity contribution in [2.75, 3.05) is 0 Å². The van der Waals surface area contributed by atoms with Crippen molar-refractivity contribution in [3.63, 3.8) is 0 Å². The van der Waals surface area contributed by atoms with E-state index in [1.807, 2.05) is 6.92 Å². The normalized spacial score (nSPS) is 12.9. The van der Waals surface area contributed by atoms with E-state index in [0.717, 1.165) is 12.8 Å². The van der Waals surface area contributed by atoms with Crippen LogP contribution in [-0.4, -0.2) is 15.2 Å². The number of hydrogen-bond acceptors (Lipinski definition) is 4. The molecule has 17 heavy (non-hydrogen) atoms. The molecular weight excluding hydrogens is 216 g/mol. The Morgan fingerprint density at radius 2 is 1.82 bits per heavy atom. The molecule has 4 heteroatoms. The maximum atomic E-state index is 9.53. The van der Waals surface area contributed by atoms with Crippen molar-refractivity contribution in [1.82, 2.24) is 10.1 Å². The van der Waals surface area contributed by atoms with E-state index in [4.69, 9.17) is 4.52 Å². The Balaban J connectivity index is 2.16. The summed E-state index contributed by atoms with van der Waals surface area (Å²) in [6.07, 6.45) is 8.38. The molecule has 1 aromatic rings. The lowest BCUT2D eigenvalue weighted by atomic mass is 10.1. The average Bonchev–Trinajstić information content (AvgIpc) is 2.81. The van der Waals surface area contributed by atoms with Gasteiger partial charge in [0.15, 0.2) is 5.82 Å². The summed E-state index contributed by atoms with van der Waals surface area (Å²) in [6, 6.07) is 0. The van der Waals surface area contributed by atoms with E-state index in [2.05, 4.69) is 17.1 Å². The summed E-state index contributed by atoms with van der Waals surface area (Å²) in [5, 5.41) is 13.3. The maximum absolute atomic E-state index is 9.53. The number of aliphatic hydroxyl groups excluding tert-OH is 1. The maximum Gasteiger partial charge on any atom is 0.226 e. The van der Waals surface area contributed by atoms with Crippen molar-refractivity contribution in [2.45, 2.75) is 71.3 Å². The smallest absolute Gasteiger partial charge is 0.226 e. The van der Waals surface area contributed by atoms with Gasteiger partial charge in [0.25, 0.3) is 0 Å². The zero-order valence-corrected chi connectivity index (χ0v) is 11.0. The molecule has 1 heterocycles. The zero-order chi connectivity index (χ0) is 12.5. The van der Waals surface area contributed by atoms with Gasteiger partial charge in [0.1, 0.15) is 6.10 Å². The van der Waals surface area contributed by atoms with Crippen LogP contribution in [0.4, 0.5) is 0 Å². The first-order valence-corrected chi connectivity index (χ1v) is 6.78. The Kier molecular flexibility index (Phi) is 6.86. The third kappa shape index (κ3) is 5.31. The molecule has 0 spiro atoms. The number of unbranched alkanes of at least 4 members (excludes halogenated alkanes) is 5. The molecule has 0 bridgehead atoms. The molecule has 4 nitrogen and oxygen atoms in total. The van der Waals surface area contributed by atoms with Crippen molar-refractivity contribution in [3.8, 4) is 0 Å². The van der Waals surface area contributed by atoms with Crippen LogP contribution in [0.5, 0.6) is 0 Å². The first-order chi connectivity index (χ1) is 8.27. The number of aromatic nitrogens is 2. The number of aryl methyl sites for hydroxylation is 1. The predicted molar refractivity (Wildman–Crippen MR) is 66.6 cm³/mol. The van der Waals surface area contributed by atoms with Crippen LogP contribution < -0.4 is 0 Å². The van der Waals surface area contributed by atoms with Crippen molar-refractivity contribution in [1.29, 1.82) is 0 Å². The summed E-state index contributed by atoms with van der Waals surface area (Å²) in [5.41, 5.74) is 0. The Labute approximate surface area is 103 Å². The summed E-state index contributed by atoms with van der Waals surface area (Å²) in [6.45, 7) is 4.12. The van der Waals surface area contributed by atoms with E-state index in [9.17, 15) is 5.11 Å². The number of hydrogen-bond donors (Lipinski definition) is 1. The third-order valence-corrected chi connectivity index (χ3v) is 2.91. The second-order valence-electron chi connectivity index (χ2n) is 4.49. The minimum Gasteiger partial charge on any atom is -0.385 e. The molecule has 0 amide bonds. The topological polar surface area (TPSA) is 59.2 Å². The van der Waals surface area contributed by atoms with Gasteiger partial charge < -0.3 is 9.63 Å². The molecule has 1 atom stereocenters. The minimum absolute atomic E-state index is 0.425. The van der Waals surface area contributed by atoms with Crippen LogP contribution in [0.25, 0.3) is 0 Å². The van der Waals surface area contributed by atoms with Crippen LogP contribution >= 0.6 is 0 Å². The largest absolute Gasteiger partial charge is 0.385 e. The summed E-state index contributed by atoms with van der Waals surface area (Å²) in [5.74, 6) is 1.08. The van der Waals surface area contributed by atoms with E-state index >= 15 is 0 Å². The first-order valence-electron chi connectivity index (χ1n) is 6.78. The molecule has 0 aliphatic carbocycles. The number of aliphatic hydroxyl groups is 1. The second kappa shape index (κ2) is 8.23. The SMILES string of the molecule is CCCCCCCCc1nc(C(O)CC)no1. The van der Waals surface area contributed by atoms with E-state index in [1.165, 1.54) is 32.1 Å². The summed E-state index contributed by atoms with van der Waals surface area (Å²) < 4.78 is 5.09. The van der Waals surface area contributed by atoms with E-state index < -0.39 is 6.10 Å². The lowest BCUT2D eigenvalue weighted by Gasteiger charge is -1.99. The summed E-state index contributed by atoms with van der Waals surface area (Å²) in [4.78, 5) is 4.19. The standard InChI is InChI=1S/C13H24N2O2/c1-3-5-6-7-8-9-10-12-14-13(15-17-12)11(16)4-2/h11,16H,3-10H2,1-2H3. The molecule has 0 aliphatic heterocycles. The minimum atomic E-state index is -0.586. The molecule has 1 unspecified atom stereocenters. The zero-order valence-electron chi connectivity index (χ0n) is 11.0. The summed E-state index contributed by atoms with van der Waals surface area (Å²) in [7, 11) is 0. The van der Waals surface area contributed by atoms with Gasteiger partial charge in [-0.15, -0.1) is 0 Å². The molecule has 0 aromatic carbocycles. The van der Waals surface area contributed by atoms with Crippen LogP contribution in [0.15, 0.2) is 4.52 Å². The number of rotatable bonds is 9. The van der Waals surface area contributed by atoms with Gasteiger partial charge in [-0.25, -0.2) is 0 Å². The van der Waals surface area contributed by atoms with Crippen LogP contribution in [0.3, 0.4) is 0 Å².